The number of benzene rings is 2. The fraction of sp³-hybridized carbons (Fsp3) is 0.333. The van der Waals surface area contributed by atoms with E-state index in [1.807, 2.05) is 71.9 Å². The van der Waals surface area contributed by atoms with Gasteiger partial charge in [0.1, 0.15) is 5.82 Å². The lowest BCUT2D eigenvalue weighted by molar-refractivity contribution is 0.626. The van der Waals surface area contributed by atoms with Crippen LogP contribution in [0.25, 0.3) is 0 Å². The molecule has 112 valence electrons. The summed E-state index contributed by atoms with van der Waals surface area (Å²) in [5, 5.41) is 0.840. The fourth-order valence-corrected chi connectivity index (χ4v) is 1.29. The van der Waals surface area contributed by atoms with Crippen LogP contribution >= 0.6 is 11.6 Å². The number of hydrogen-bond donors (Lipinski definition) is 0. The van der Waals surface area contributed by atoms with Crippen molar-refractivity contribution < 1.29 is 4.39 Å². The second-order valence-electron chi connectivity index (χ2n) is 3.55. The fourth-order valence-electron chi connectivity index (χ4n) is 1.16. The lowest BCUT2D eigenvalue weighted by atomic mass is 10.2. The van der Waals surface area contributed by atoms with Gasteiger partial charge in [-0.1, -0.05) is 69.6 Å². The molecular formula is C18H26ClF. The summed E-state index contributed by atoms with van der Waals surface area (Å²) in [5.41, 5.74) is 2.10. The Hall–Kier alpha value is -1.34. The Kier molecular flexibility index (Phi) is 14.8. The van der Waals surface area contributed by atoms with E-state index in [0.717, 1.165) is 16.1 Å². The SMILES string of the molecule is CC.CC.Cc1cccc(F)c1.Cc1ccccc1Cl. The van der Waals surface area contributed by atoms with Crippen LogP contribution in [-0.2, 0) is 0 Å². The maximum Gasteiger partial charge on any atom is 0.123 e. The van der Waals surface area contributed by atoms with Crippen LogP contribution in [0.4, 0.5) is 4.39 Å². The maximum atomic E-state index is 12.2. The average Bonchev–Trinajstić information content (AvgIpc) is 2.47. The topological polar surface area (TPSA) is 0 Å². The zero-order valence-electron chi connectivity index (χ0n) is 13.4. The average molecular weight is 297 g/mol. The molecule has 0 aliphatic rings. The van der Waals surface area contributed by atoms with Crippen LogP contribution in [0.3, 0.4) is 0 Å². The normalized spacial score (nSPS) is 8.00. The lowest BCUT2D eigenvalue weighted by Crippen LogP contribution is -1.72. The summed E-state index contributed by atoms with van der Waals surface area (Å²) in [7, 11) is 0. The molecule has 0 amide bonds. The zero-order chi connectivity index (χ0) is 16.0. The Balaban J connectivity index is 0. The van der Waals surface area contributed by atoms with E-state index in [1.54, 1.807) is 6.07 Å². The minimum absolute atomic E-state index is 0.162. The van der Waals surface area contributed by atoms with Gasteiger partial charge < -0.3 is 0 Å². The highest BCUT2D eigenvalue weighted by atomic mass is 35.5. The Morgan fingerprint density at radius 2 is 1.35 bits per heavy atom. The molecule has 0 N–H and O–H groups in total. The Labute approximate surface area is 128 Å². The lowest BCUT2D eigenvalue weighted by Gasteiger charge is -1.90. The molecule has 0 unspecified atom stereocenters. The first-order chi connectivity index (χ1) is 9.59. The van der Waals surface area contributed by atoms with Crippen molar-refractivity contribution in [1.29, 1.82) is 0 Å². The van der Waals surface area contributed by atoms with Crippen LogP contribution in [0, 0.1) is 19.7 Å². The van der Waals surface area contributed by atoms with Gasteiger partial charge in [0.05, 0.1) is 0 Å². The van der Waals surface area contributed by atoms with Crippen molar-refractivity contribution in [2.75, 3.05) is 0 Å². The molecule has 0 heterocycles. The standard InChI is InChI=1S/C7H7Cl.C7H7F.2C2H6/c1-6-4-2-3-5-7(6)8;1-6-3-2-4-7(8)5-6;2*1-2/h2*2-5H,1H3;2*1-2H3. The quantitative estimate of drug-likeness (QED) is 0.499. The molecule has 2 heteroatoms. The van der Waals surface area contributed by atoms with Crippen LogP contribution in [-0.4, -0.2) is 0 Å². The van der Waals surface area contributed by atoms with Gasteiger partial charge in [-0.15, -0.1) is 0 Å². The van der Waals surface area contributed by atoms with Gasteiger partial charge in [0, 0.05) is 5.02 Å². The van der Waals surface area contributed by atoms with E-state index < -0.39 is 0 Å². The van der Waals surface area contributed by atoms with E-state index in [-0.39, 0.29) is 5.82 Å². The maximum absolute atomic E-state index is 12.2. The Bertz CT molecular complexity index is 414. The molecule has 2 aromatic carbocycles. The van der Waals surface area contributed by atoms with Gasteiger partial charge in [0.25, 0.3) is 0 Å². The molecule has 0 aliphatic carbocycles. The second kappa shape index (κ2) is 14.1. The van der Waals surface area contributed by atoms with Crippen molar-refractivity contribution in [3.63, 3.8) is 0 Å². The van der Waals surface area contributed by atoms with E-state index in [2.05, 4.69) is 0 Å². The third kappa shape index (κ3) is 10.6. The minimum Gasteiger partial charge on any atom is -0.207 e. The van der Waals surface area contributed by atoms with Crippen molar-refractivity contribution in [1.82, 2.24) is 0 Å². The van der Waals surface area contributed by atoms with Crippen LogP contribution in [0.2, 0.25) is 5.02 Å². The summed E-state index contributed by atoms with van der Waals surface area (Å²) in [4.78, 5) is 0. The minimum atomic E-state index is -0.162. The summed E-state index contributed by atoms with van der Waals surface area (Å²) in [5.74, 6) is -0.162. The molecule has 20 heavy (non-hydrogen) atoms. The van der Waals surface area contributed by atoms with E-state index in [0.29, 0.717) is 0 Å². The predicted octanol–water partition coefficient (Wildman–Crippen LogP) is 6.83. The molecule has 0 fully saturated rings. The number of hydrogen-bond acceptors (Lipinski definition) is 0. The Morgan fingerprint density at radius 1 is 0.800 bits per heavy atom. The van der Waals surface area contributed by atoms with Crippen LogP contribution in [0.15, 0.2) is 48.5 Å². The Morgan fingerprint density at radius 3 is 1.65 bits per heavy atom. The van der Waals surface area contributed by atoms with Gasteiger partial charge in [0.2, 0.25) is 0 Å². The van der Waals surface area contributed by atoms with E-state index in [9.17, 15) is 4.39 Å². The van der Waals surface area contributed by atoms with Crippen LogP contribution < -0.4 is 0 Å². The zero-order valence-corrected chi connectivity index (χ0v) is 14.1. The van der Waals surface area contributed by atoms with Gasteiger partial charge >= 0.3 is 0 Å². The van der Waals surface area contributed by atoms with Gasteiger partial charge in [-0.05, 0) is 43.2 Å². The molecular weight excluding hydrogens is 271 g/mol. The van der Waals surface area contributed by atoms with Crippen LogP contribution in [0.1, 0.15) is 38.8 Å². The number of halogens is 2. The predicted molar refractivity (Wildman–Crippen MR) is 90.0 cm³/mol. The molecule has 0 aliphatic heterocycles. The van der Waals surface area contributed by atoms with Crippen LogP contribution in [0.5, 0.6) is 0 Å². The molecule has 2 aromatic rings. The van der Waals surface area contributed by atoms with Crippen molar-refractivity contribution in [2.24, 2.45) is 0 Å². The molecule has 2 rings (SSSR count). The van der Waals surface area contributed by atoms with Crippen molar-refractivity contribution in [3.05, 3.63) is 70.5 Å². The highest BCUT2D eigenvalue weighted by Crippen LogP contribution is 2.11. The molecule has 0 aromatic heterocycles. The molecule has 0 saturated heterocycles. The van der Waals surface area contributed by atoms with Gasteiger partial charge in [-0.2, -0.15) is 0 Å². The van der Waals surface area contributed by atoms with E-state index >= 15 is 0 Å². The highest BCUT2D eigenvalue weighted by molar-refractivity contribution is 6.31. The van der Waals surface area contributed by atoms with E-state index in [4.69, 9.17) is 11.6 Å². The van der Waals surface area contributed by atoms with Crippen molar-refractivity contribution in [3.8, 4) is 0 Å². The smallest absolute Gasteiger partial charge is 0.123 e. The number of aryl methyl sites for hydroxylation is 2. The monoisotopic (exact) mass is 296 g/mol. The molecule has 0 bridgehead atoms. The molecule has 0 atom stereocenters. The molecule has 0 radical (unpaired) electrons. The second-order valence-corrected chi connectivity index (χ2v) is 3.96. The van der Waals surface area contributed by atoms with E-state index in [1.165, 1.54) is 12.1 Å². The first kappa shape index (κ1) is 21.0. The first-order valence-electron chi connectivity index (χ1n) is 7.03. The van der Waals surface area contributed by atoms with Gasteiger partial charge in [-0.25, -0.2) is 4.39 Å². The summed E-state index contributed by atoms with van der Waals surface area (Å²) < 4.78 is 12.2. The summed E-state index contributed by atoms with van der Waals surface area (Å²) in [6.45, 7) is 11.9. The molecule has 0 nitrogen and oxygen atoms in total. The van der Waals surface area contributed by atoms with Crippen molar-refractivity contribution >= 4 is 11.6 Å². The molecule has 0 spiro atoms. The third-order valence-corrected chi connectivity index (χ3v) is 2.48. The first-order valence-corrected chi connectivity index (χ1v) is 7.40. The summed E-state index contributed by atoms with van der Waals surface area (Å²) in [6, 6.07) is 14.3. The summed E-state index contributed by atoms with van der Waals surface area (Å²) >= 11 is 5.71. The highest BCUT2D eigenvalue weighted by Gasteiger charge is 1.86. The largest absolute Gasteiger partial charge is 0.207 e. The number of rotatable bonds is 0. The van der Waals surface area contributed by atoms with Gasteiger partial charge in [-0.3, -0.25) is 0 Å². The van der Waals surface area contributed by atoms with Crippen molar-refractivity contribution in [2.45, 2.75) is 41.5 Å². The van der Waals surface area contributed by atoms with Gasteiger partial charge in [0.15, 0.2) is 0 Å². The third-order valence-electron chi connectivity index (χ3n) is 2.06. The summed E-state index contributed by atoms with van der Waals surface area (Å²) in [6.07, 6.45) is 0. The molecule has 0 saturated carbocycles.